The average molecular weight is 787 g/mol. The first-order valence-electron chi connectivity index (χ1n) is 22.0. The van der Waals surface area contributed by atoms with E-state index < -0.39 is 0 Å². The Hall–Kier alpha value is -5.84. The Morgan fingerprint density at radius 3 is 1.13 bits per heavy atom. The SMILES string of the molecule is CC1(C)CCN2CCC(C)(C)c3c(-c4ccccc4)c(C=Cc4cc(C#N)c(C=Cc5cc6c7c(c5-c5ccccc5)C(C)(C)CCN7CCC6(C)C)cc4C#N)cc1c32. The molecule has 0 amide bonds. The van der Waals surface area contributed by atoms with Crippen molar-refractivity contribution in [2.45, 2.75) is 103 Å². The lowest BCUT2D eigenvalue weighted by atomic mass is 9.66. The van der Waals surface area contributed by atoms with Gasteiger partial charge in [-0.3, -0.25) is 0 Å². The summed E-state index contributed by atoms with van der Waals surface area (Å²) in [6.07, 6.45) is 12.9. The van der Waals surface area contributed by atoms with Crippen LogP contribution in [0.2, 0.25) is 0 Å². The van der Waals surface area contributed by atoms with E-state index in [1.54, 1.807) is 0 Å². The normalized spacial score (nSPS) is 19.1. The first-order valence-corrected chi connectivity index (χ1v) is 22.0. The molecule has 0 unspecified atom stereocenters. The molecule has 302 valence electrons. The second kappa shape index (κ2) is 14.4. The fraction of sp³-hybridized carbons (Fsp3) is 0.357. The van der Waals surface area contributed by atoms with Gasteiger partial charge in [-0.25, -0.2) is 0 Å². The lowest BCUT2D eigenvalue weighted by Gasteiger charge is -2.49. The quantitative estimate of drug-likeness (QED) is 0.161. The summed E-state index contributed by atoms with van der Waals surface area (Å²) in [7, 11) is 0. The molecule has 4 nitrogen and oxygen atoms in total. The Labute approximate surface area is 358 Å². The number of rotatable bonds is 6. The number of hydrogen-bond donors (Lipinski definition) is 0. The number of anilines is 2. The highest BCUT2D eigenvalue weighted by molar-refractivity contribution is 5.93. The van der Waals surface area contributed by atoms with Crippen molar-refractivity contribution >= 4 is 35.7 Å². The van der Waals surface area contributed by atoms with E-state index in [4.69, 9.17) is 0 Å². The minimum Gasteiger partial charge on any atom is -0.371 e. The van der Waals surface area contributed by atoms with Crippen LogP contribution in [0.1, 0.15) is 137 Å². The summed E-state index contributed by atoms with van der Waals surface area (Å²) in [5.41, 5.74) is 18.4. The highest BCUT2D eigenvalue weighted by Gasteiger charge is 2.43. The van der Waals surface area contributed by atoms with Crippen molar-refractivity contribution in [3.8, 4) is 34.4 Å². The summed E-state index contributed by atoms with van der Waals surface area (Å²) >= 11 is 0. The second-order valence-electron chi connectivity index (χ2n) is 20.4. The van der Waals surface area contributed by atoms with E-state index in [0.29, 0.717) is 11.1 Å². The van der Waals surface area contributed by atoms with E-state index in [1.165, 1.54) is 55.9 Å². The molecule has 0 fully saturated rings. The van der Waals surface area contributed by atoms with Crippen molar-refractivity contribution in [2.24, 2.45) is 0 Å². The molecule has 0 bridgehead atoms. The summed E-state index contributed by atoms with van der Waals surface area (Å²) in [4.78, 5) is 5.25. The molecule has 0 saturated carbocycles. The Bertz CT molecular complexity index is 2490. The summed E-state index contributed by atoms with van der Waals surface area (Å²) < 4.78 is 0. The number of nitrogens with zero attached hydrogens (tertiary/aromatic N) is 4. The third-order valence-electron chi connectivity index (χ3n) is 14.6. The van der Waals surface area contributed by atoms with Crippen LogP contribution in [0.3, 0.4) is 0 Å². The molecule has 0 atom stereocenters. The third kappa shape index (κ3) is 6.57. The molecule has 4 aliphatic heterocycles. The predicted molar refractivity (Wildman–Crippen MR) is 252 cm³/mol. The molecule has 5 aromatic rings. The highest BCUT2D eigenvalue weighted by Crippen LogP contribution is 2.55. The maximum atomic E-state index is 10.7. The zero-order chi connectivity index (χ0) is 42.2. The van der Waals surface area contributed by atoms with Crippen molar-refractivity contribution in [3.05, 3.63) is 141 Å². The fourth-order valence-corrected chi connectivity index (χ4v) is 10.8. The van der Waals surface area contributed by atoms with E-state index in [9.17, 15) is 10.5 Å². The monoisotopic (exact) mass is 786 g/mol. The van der Waals surface area contributed by atoms with Gasteiger partial charge in [0.15, 0.2) is 0 Å². The van der Waals surface area contributed by atoms with Crippen molar-refractivity contribution < 1.29 is 0 Å². The van der Waals surface area contributed by atoms with Crippen molar-refractivity contribution in [3.63, 3.8) is 0 Å². The van der Waals surface area contributed by atoms with Crippen molar-refractivity contribution in [1.29, 1.82) is 10.5 Å². The molecule has 0 radical (unpaired) electrons. The van der Waals surface area contributed by atoms with Gasteiger partial charge in [-0.1, -0.05) is 140 Å². The molecular weight excluding hydrogens is 729 g/mol. The molecule has 0 saturated heterocycles. The standard InChI is InChI=1S/C56H58N4/c1-53(2)23-27-59-29-25-55(5,6)49-47(37-15-11-9-12-16-37)41(33-45(53)51(49)59)21-19-39-31-44(36-58)40(32-43(39)35-57)20-22-42-34-46-52-50(48(42)38-17-13-10-14-18-38)56(7,8)26-30-60(52)28-24-54(46,3)4/h9-22,31-34H,23-30H2,1-8H3. The fourth-order valence-electron chi connectivity index (χ4n) is 10.8. The average Bonchev–Trinajstić information content (AvgIpc) is 3.23. The molecule has 0 aromatic heterocycles. The van der Waals surface area contributed by atoms with Crippen molar-refractivity contribution in [2.75, 3.05) is 36.0 Å². The molecule has 4 heteroatoms. The Morgan fingerprint density at radius 1 is 0.450 bits per heavy atom. The van der Waals surface area contributed by atoms with E-state index >= 15 is 0 Å². The zero-order valence-electron chi connectivity index (χ0n) is 36.8. The number of benzene rings is 5. The molecule has 0 N–H and O–H groups in total. The van der Waals surface area contributed by atoms with Gasteiger partial charge in [0.05, 0.1) is 23.3 Å². The van der Waals surface area contributed by atoms with Crippen LogP contribution in [0, 0.1) is 22.7 Å². The van der Waals surface area contributed by atoms with Crippen molar-refractivity contribution in [1.82, 2.24) is 0 Å². The van der Waals surface area contributed by atoms with Crippen LogP contribution in [-0.4, -0.2) is 26.2 Å². The molecule has 5 aromatic carbocycles. The van der Waals surface area contributed by atoms with Gasteiger partial charge in [-0.15, -0.1) is 0 Å². The van der Waals surface area contributed by atoms with Gasteiger partial charge >= 0.3 is 0 Å². The second-order valence-corrected chi connectivity index (χ2v) is 20.4. The molecule has 4 heterocycles. The van der Waals surface area contributed by atoms with Gasteiger partial charge < -0.3 is 9.80 Å². The molecule has 0 aliphatic carbocycles. The van der Waals surface area contributed by atoms with Gasteiger partial charge in [-0.05, 0) is 138 Å². The largest absolute Gasteiger partial charge is 0.371 e. The molecule has 4 aliphatic rings. The third-order valence-corrected chi connectivity index (χ3v) is 14.6. The van der Waals surface area contributed by atoms with Crippen LogP contribution >= 0.6 is 0 Å². The minimum absolute atomic E-state index is 0.0101. The van der Waals surface area contributed by atoms with Crippen LogP contribution in [0.5, 0.6) is 0 Å². The summed E-state index contributed by atoms with van der Waals surface area (Å²) in [6, 6.07) is 35.3. The van der Waals surface area contributed by atoms with Crippen LogP contribution in [-0.2, 0) is 21.7 Å². The van der Waals surface area contributed by atoms with Crippen LogP contribution in [0.4, 0.5) is 11.4 Å². The Morgan fingerprint density at radius 2 is 0.783 bits per heavy atom. The summed E-state index contributed by atoms with van der Waals surface area (Å²) in [6.45, 7) is 23.4. The number of nitriles is 2. The summed E-state index contributed by atoms with van der Waals surface area (Å²) in [5, 5.41) is 21.3. The van der Waals surface area contributed by atoms with E-state index in [-0.39, 0.29) is 21.7 Å². The lowest BCUT2D eigenvalue weighted by Crippen LogP contribution is -2.45. The maximum absolute atomic E-state index is 10.7. The van der Waals surface area contributed by atoms with E-state index in [2.05, 4.69) is 174 Å². The highest BCUT2D eigenvalue weighted by atomic mass is 15.2. The Kier molecular flexibility index (Phi) is 9.52. The van der Waals surface area contributed by atoms with Crippen LogP contribution < -0.4 is 9.80 Å². The maximum Gasteiger partial charge on any atom is 0.0998 e. The molecule has 9 rings (SSSR count). The first kappa shape index (κ1) is 39.6. The topological polar surface area (TPSA) is 54.1 Å². The Balaban J connectivity index is 1.18. The molecular formula is C56H58N4. The van der Waals surface area contributed by atoms with E-state index in [1.807, 2.05) is 12.1 Å². The van der Waals surface area contributed by atoms with E-state index in [0.717, 1.165) is 74.1 Å². The van der Waals surface area contributed by atoms with Gasteiger partial charge in [0.2, 0.25) is 0 Å². The molecule has 60 heavy (non-hydrogen) atoms. The first-order chi connectivity index (χ1) is 28.6. The number of hydrogen-bond acceptors (Lipinski definition) is 4. The summed E-state index contributed by atoms with van der Waals surface area (Å²) in [5.74, 6) is 0. The van der Waals surface area contributed by atoms with Gasteiger partial charge in [-0.2, -0.15) is 10.5 Å². The van der Waals surface area contributed by atoms with Gasteiger partial charge in [0, 0.05) is 37.6 Å². The van der Waals surface area contributed by atoms with Gasteiger partial charge in [0.25, 0.3) is 0 Å². The predicted octanol–water partition coefficient (Wildman–Crippen LogP) is 13.4. The molecule has 0 spiro atoms. The lowest BCUT2D eigenvalue weighted by molar-refractivity contribution is 0.402. The smallest absolute Gasteiger partial charge is 0.0998 e. The van der Waals surface area contributed by atoms with Crippen LogP contribution in [0.15, 0.2) is 84.9 Å². The minimum atomic E-state index is -0.0101. The zero-order valence-corrected chi connectivity index (χ0v) is 36.8. The van der Waals surface area contributed by atoms with Gasteiger partial charge in [0.1, 0.15) is 0 Å². The van der Waals surface area contributed by atoms with Crippen LogP contribution in [0.25, 0.3) is 46.6 Å².